The molecule has 0 aromatic carbocycles. The molecule has 7 nitrogen and oxygen atoms in total. The summed E-state index contributed by atoms with van der Waals surface area (Å²) in [4.78, 5) is 37.5. The van der Waals surface area contributed by atoms with Gasteiger partial charge in [0.1, 0.15) is 17.5 Å². The van der Waals surface area contributed by atoms with Gasteiger partial charge >= 0.3 is 5.97 Å². The third-order valence-electron chi connectivity index (χ3n) is 3.82. The second kappa shape index (κ2) is 5.99. The number of hydrogen-bond donors (Lipinski definition) is 3. The number of thioether (sulfide) groups is 1. The van der Waals surface area contributed by atoms with Gasteiger partial charge < -0.3 is 21.1 Å². The van der Waals surface area contributed by atoms with Crippen molar-refractivity contribution in [1.82, 2.24) is 10.2 Å². The zero-order valence-corrected chi connectivity index (χ0v) is 13.8. The molecule has 2 aliphatic rings. The van der Waals surface area contributed by atoms with Crippen molar-refractivity contribution < 1.29 is 19.5 Å². The number of carbonyl (C=O) groups is 3. The number of β-lactam (4-membered cyclic amide) rings is 1. The van der Waals surface area contributed by atoms with Crippen LogP contribution < -0.4 is 11.1 Å². The number of nitrogens with zero attached hydrogens (tertiary/aromatic N) is 1. The van der Waals surface area contributed by atoms with Crippen LogP contribution in [0.15, 0.2) is 29.3 Å². The average molecular weight is 353 g/mol. The number of nitrogens with two attached hydrogens (primary N) is 1. The molecule has 23 heavy (non-hydrogen) atoms. The van der Waals surface area contributed by atoms with Gasteiger partial charge in [0.25, 0.3) is 5.91 Å². The lowest BCUT2D eigenvalue weighted by Crippen LogP contribution is -2.69. The van der Waals surface area contributed by atoms with Crippen molar-refractivity contribution in [2.75, 3.05) is 0 Å². The van der Waals surface area contributed by atoms with Crippen molar-refractivity contribution in [3.8, 4) is 0 Å². The maximum atomic E-state index is 12.2. The topological polar surface area (TPSA) is 113 Å². The Hall–Kier alpha value is -1.84. The van der Waals surface area contributed by atoms with Crippen molar-refractivity contribution >= 4 is 40.9 Å². The number of rotatable bonds is 4. The fourth-order valence-electron chi connectivity index (χ4n) is 2.51. The van der Waals surface area contributed by atoms with Gasteiger partial charge in [0.05, 0.1) is 5.57 Å². The molecule has 1 aromatic heterocycles. The first kappa shape index (κ1) is 16.0. The minimum Gasteiger partial charge on any atom is -0.478 e. The van der Waals surface area contributed by atoms with Crippen LogP contribution in [0.2, 0.25) is 0 Å². The van der Waals surface area contributed by atoms with Gasteiger partial charge in [0, 0.05) is 16.3 Å². The third kappa shape index (κ3) is 2.75. The number of carboxylic acids is 1. The summed E-state index contributed by atoms with van der Waals surface area (Å²) in [5, 5.41) is 13.1. The molecule has 1 fully saturated rings. The lowest BCUT2D eigenvalue weighted by Gasteiger charge is -2.48. The van der Waals surface area contributed by atoms with E-state index in [0.29, 0.717) is 0 Å². The Morgan fingerprint density at radius 2 is 2.22 bits per heavy atom. The molecule has 9 heteroatoms. The highest BCUT2D eigenvalue weighted by molar-refractivity contribution is 8.00. The quantitative estimate of drug-likeness (QED) is 0.680. The molecule has 3 unspecified atom stereocenters. The minimum atomic E-state index is -1.04. The first-order chi connectivity index (χ1) is 10.9. The smallest absolute Gasteiger partial charge is 0.334 e. The summed E-state index contributed by atoms with van der Waals surface area (Å²) in [6.07, 6.45) is 1.36. The normalized spacial score (nSPS) is 27.6. The number of carbonyl (C=O) groups excluding carboxylic acids is 2. The monoisotopic (exact) mass is 353 g/mol. The lowest BCUT2D eigenvalue weighted by atomic mass is 10.1. The van der Waals surface area contributed by atoms with Crippen LogP contribution in [0.25, 0.3) is 0 Å². The van der Waals surface area contributed by atoms with Crippen molar-refractivity contribution in [2.45, 2.75) is 29.6 Å². The zero-order valence-electron chi connectivity index (χ0n) is 12.1. The highest BCUT2D eigenvalue weighted by Gasteiger charge is 2.51. The fourth-order valence-corrected chi connectivity index (χ4v) is 4.60. The van der Waals surface area contributed by atoms with Gasteiger partial charge in [-0.1, -0.05) is 6.07 Å². The Bertz CT molecular complexity index is 688. The fraction of sp³-hybridized carbons (Fsp3) is 0.357. The van der Waals surface area contributed by atoms with Crippen molar-refractivity contribution in [3.05, 3.63) is 34.2 Å². The van der Waals surface area contributed by atoms with E-state index in [2.05, 4.69) is 5.32 Å². The van der Waals surface area contributed by atoms with Crippen LogP contribution in [0.4, 0.5) is 0 Å². The van der Waals surface area contributed by atoms with Crippen LogP contribution >= 0.6 is 23.1 Å². The molecule has 4 N–H and O–H groups in total. The summed E-state index contributed by atoms with van der Waals surface area (Å²) in [6.45, 7) is 1.76. The summed E-state index contributed by atoms with van der Waals surface area (Å²) in [5.41, 5.74) is 6.07. The van der Waals surface area contributed by atoms with Crippen LogP contribution in [0.1, 0.15) is 17.8 Å². The van der Waals surface area contributed by atoms with Crippen LogP contribution in [-0.4, -0.2) is 44.5 Å². The van der Waals surface area contributed by atoms with Crippen molar-refractivity contribution in [1.29, 1.82) is 0 Å². The number of fused-ring (bicyclic) bond motifs is 1. The molecule has 0 aliphatic carbocycles. The van der Waals surface area contributed by atoms with E-state index in [0.717, 1.165) is 4.88 Å². The van der Waals surface area contributed by atoms with E-state index >= 15 is 0 Å². The van der Waals surface area contributed by atoms with Gasteiger partial charge in [-0.05, 0) is 18.4 Å². The molecule has 0 bridgehead atoms. The molecule has 0 spiro atoms. The van der Waals surface area contributed by atoms with E-state index in [9.17, 15) is 14.4 Å². The summed E-state index contributed by atoms with van der Waals surface area (Å²) < 4.78 is 0. The van der Waals surface area contributed by atoms with Crippen LogP contribution in [0.5, 0.6) is 0 Å². The number of nitrogens with one attached hydrogen (secondary N) is 1. The molecule has 0 radical (unpaired) electrons. The van der Waals surface area contributed by atoms with Gasteiger partial charge in [0.15, 0.2) is 0 Å². The molecule has 0 saturated carbocycles. The average Bonchev–Trinajstić information content (AvgIpc) is 3.05. The number of aliphatic carboxylic acids is 1. The molecule has 4 atom stereocenters. The van der Waals surface area contributed by atoms with Crippen molar-refractivity contribution in [2.24, 2.45) is 5.73 Å². The van der Waals surface area contributed by atoms with E-state index in [-0.39, 0.29) is 22.1 Å². The maximum Gasteiger partial charge on any atom is 0.334 e. The minimum absolute atomic E-state index is 0.180. The van der Waals surface area contributed by atoms with Gasteiger partial charge in [-0.3, -0.25) is 9.59 Å². The molecule has 3 rings (SSSR count). The van der Waals surface area contributed by atoms with Crippen molar-refractivity contribution in [3.63, 3.8) is 0 Å². The first-order valence-electron chi connectivity index (χ1n) is 6.92. The number of carboxylic acid groups (broad SMARTS) is 1. The van der Waals surface area contributed by atoms with Gasteiger partial charge in [-0.25, -0.2) is 4.79 Å². The summed E-state index contributed by atoms with van der Waals surface area (Å²) >= 11 is 2.72. The molecule has 1 aromatic rings. The lowest BCUT2D eigenvalue weighted by molar-refractivity contribution is -0.145. The number of amides is 2. The molecule has 122 valence electrons. The second-order valence-electron chi connectivity index (χ2n) is 5.28. The van der Waals surface area contributed by atoms with Crippen LogP contribution in [0.3, 0.4) is 0 Å². The highest BCUT2D eigenvalue weighted by Crippen LogP contribution is 2.40. The van der Waals surface area contributed by atoms with E-state index in [1.54, 1.807) is 19.1 Å². The van der Waals surface area contributed by atoms with Crippen LogP contribution in [0, 0.1) is 0 Å². The molecular weight excluding hydrogens is 338 g/mol. The molecular formula is C14H15N3O4S2. The standard InChI is InChI=1S/C14H15N3O4S2/c1-6-7(14(20)21)5-17-12(19)10(13(17)23-6)16-11(18)9(15)8-3-2-4-22-8/h2-6,9-10,13H,15H2,1H3,(H,16,18)(H,20,21)/t6?,9?,10?,13-/m1/s1. The molecule has 2 amide bonds. The Labute approximate surface area is 140 Å². The number of thiophene rings is 1. The van der Waals surface area contributed by atoms with E-state index in [4.69, 9.17) is 10.8 Å². The van der Waals surface area contributed by atoms with Gasteiger partial charge in [-0.2, -0.15) is 0 Å². The summed E-state index contributed by atoms with van der Waals surface area (Å²) in [5.74, 6) is -1.77. The zero-order chi connectivity index (χ0) is 16.7. The number of hydrogen-bond acceptors (Lipinski definition) is 6. The summed E-state index contributed by atoms with van der Waals surface area (Å²) in [6, 6.07) is 2.09. The Morgan fingerprint density at radius 3 is 2.83 bits per heavy atom. The first-order valence-corrected chi connectivity index (χ1v) is 8.74. The molecule has 1 saturated heterocycles. The second-order valence-corrected chi connectivity index (χ2v) is 7.72. The van der Waals surface area contributed by atoms with E-state index in [1.165, 1.54) is 34.2 Å². The van der Waals surface area contributed by atoms with Gasteiger partial charge in [0.2, 0.25) is 5.91 Å². The Balaban J connectivity index is 1.69. The predicted octanol–water partition coefficient (Wildman–Crippen LogP) is 0.505. The maximum absolute atomic E-state index is 12.2. The SMILES string of the molecule is CC1S[C@@H]2C(NC(=O)C(N)c3cccs3)C(=O)N2C=C1C(=O)O. The third-order valence-corrected chi connectivity index (χ3v) is 6.21. The molecule has 3 heterocycles. The Morgan fingerprint density at radius 1 is 1.48 bits per heavy atom. The van der Waals surface area contributed by atoms with Crippen LogP contribution in [-0.2, 0) is 14.4 Å². The molecule has 2 aliphatic heterocycles. The van der Waals surface area contributed by atoms with E-state index < -0.39 is 24.0 Å². The largest absolute Gasteiger partial charge is 0.478 e. The summed E-state index contributed by atoms with van der Waals surface area (Å²) in [7, 11) is 0. The van der Waals surface area contributed by atoms with Gasteiger partial charge in [-0.15, -0.1) is 23.1 Å². The highest BCUT2D eigenvalue weighted by atomic mass is 32.2. The van der Waals surface area contributed by atoms with E-state index in [1.807, 2.05) is 5.38 Å². The predicted molar refractivity (Wildman–Crippen MR) is 86.6 cm³/mol. The Kier molecular flexibility index (Phi) is 4.17.